The van der Waals surface area contributed by atoms with Gasteiger partial charge in [-0.1, -0.05) is 0 Å². The van der Waals surface area contributed by atoms with Gasteiger partial charge < -0.3 is 29.4 Å². The molecule has 0 spiro atoms. The zero-order chi connectivity index (χ0) is 20.7. The van der Waals surface area contributed by atoms with Gasteiger partial charge in [0.15, 0.2) is 5.96 Å². The zero-order valence-corrected chi connectivity index (χ0v) is 17.8. The van der Waals surface area contributed by atoms with Crippen LogP contribution in [0, 0.1) is 0 Å². The van der Waals surface area contributed by atoms with Crippen molar-refractivity contribution >= 4 is 11.9 Å². The standard InChI is InChI=1S/C21H36N4O4/c1-3-28-15-5-11-22-21(23-12-7-19-6-4-16-29-19)24-18-8-13-25(14-9-18)20(26)10-17-27-2/h4,6,16,18H,3,5,7-15,17H2,1-2H3,(H2,22,23,24). The molecule has 2 rings (SSSR count). The first-order chi connectivity index (χ1) is 14.2. The molecule has 0 radical (unpaired) electrons. The predicted octanol–water partition coefficient (Wildman–Crippen LogP) is 1.81. The quantitative estimate of drug-likeness (QED) is 0.312. The number of carbonyl (C=O) groups excluding carboxylic acids is 1. The summed E-state index contributed by atoms with van der Waals surface area (Å²) in [7, 11) is 1.62. The fourth-order valence-electron chi connectivity index (χ4n) is 3.23. The maximum Gasteiger partial charge on any atom is 0.224 e. The van der Waals surface area contributed by atoms with Gasteiger partial charge in [-0.25, -0.2) is 0 Å². The van der Waals surface area contributed by atoms with Gasteiger partial charge in [-0.05, 0) is 38.3 Å². The molecule has 1 aromatic heterocycles. The highest BCUT2D eigenvalue weighted by atomic mass is 16.5. The van der Waals surface area contributed by atoms with Crippen molar-refractivity contribution in [3.8, 4) is 0 Å². The van der Waals surface area contributed by atoms with E-state index >= 15 is 0 Å². The van der Waals surface area contributed by atoms with Gasteiger partial charge in [-0.15, -0.1) is 0 Å². The molecule has 0 aromatic carbocycles. The van der Waals surface area contributed by atoms with Gasteiger partial charge in [0.05, 0.1) is 19.3 Å². The number of nitrogens with zero attached hydrogens (tertiary/aromatic N) is 2. The first kappa shape index (κ1) is 23.2. The van der Waals surface area contributed by atoms with Gasteiger partial charge >= 0.3 is 0 Å². The SMILES string of the molecule is CCOCCCN=C(NCCc1ccco1)NC1CCN(C(=O)CCOC)CC1. The highest BCUT2D eigenvalue weighted by Crippen LogP contribution is 2.11. The molecule has 0 unspecified atom stereocenters. The Kier molecular flexibility index (Phi) is 11.2. The molecular weight excluding hydrogens is 372 g/mol. The van der Waals surface area contributed by atoms with Crippen LogP contribution >= 0.6 is 0 Å². The lowest BCUT2D eigenvalue weighted by Crippen LogP contribution is -2.50. The average molecular weight is 409 g/mol. The molecule has 8 heteroatoms. The number of furan rings is 1. The molecule has 1 aromatic rings. The van der Waals surface area contributed by atoms with Gasteiger partial charge in [0.1, 0.15) is 5.76 Å². The lowest BCUT2D eigenvalue weighted by molar-refractivity contribution is -0.133. The summed E-state index contributed by atoms with van der Waals surface area (Å²) < 4.78 is 15.8. The van der Waals surface area contributed by atoms with E-state index in [9.17, 15) is 4.79 Å². The molecule has 1 aliphatic heterocycles. The minimum atomic E-state index is 0.173. The molecule has 1 fully saturated rings. The molecule has 0 atom stereocenters. The Bertz CT molecular complexity index is 584. The average Bonchev–Trinajstić information content (AvgIpc) is 3.25. The number of methoxy groups -OCH3 is 1. The van der Waals surface area contributed by atoms with Crippen LogP contribution in [-0.4, -0.2) is 75.9 Å². The van der Waals surface area contributed by atoms with Crippen LogP contribution in [0.3, 0.4) is 0 Å². The van der Waals surface area contributed by atoms with E-state index in [-0.39, 0.29) is 5.91 Å². The second-order valence-electron chi connectivity index (χ2n) is 7.08. The molecule has 2 N–H and O–H groups in total. The van der Waals surface area contributed by atoms with E-state index in [4.69, 9.17) is 13.9 Å². The maximum atomic E-state index is 12.1. The van der Waals surface area contributed by atoms with Crippen molar-refractivity contribution in [1.82, 2.24) is 15.5 Å². The topological polar surface area (TPSA) is 88.3 Å². The minimum absolute atomic E-state index is 0.173. The van der Waals surface area contributed by atoms with Crippen molar-refractivity contribution in [1.29, 1.82) is 0 Å². The van der Waals surface area contributed by atoms with Crippen molar-refractivity contribution in [3.63, 3.8) is 0 Å². The normalized spacial score (nSPS) is 15.5. The second kappa shape index (κ2) is 14.0. The monoisotopic (exact) mass is 408 g/mol. The van der Waals surface area contributed by atoms with E-state index in [0.29, 0.717) is 25.6 Å². The Hall–Kier alpha value is -2.06. The summed E-state index contributed by atoms with van der Waals surface area (Å²) in [6.45, 7) is 6.94. The van der Waals surface area contributed by atoms with Crippen LogP contribution in [0.25, 0.3) is 0 Å². The molecule has 1 amide bonds. The van der Waals surface area contributed by atoms with Gasteiger partial charge in [0, 0.05) is 59.0 Å². The van der Waals surface area contributed by atoms with E-state index in [1.54, 1.807) is 13.4 Å². The Balaban J connectivity index is 1.77. The van der Waals surface area contributed by atoms with Crippen molar-refractivity contribution in [2.75, 3.05) is 53.1 Å². The number of carbonyl (C=O) groups is 1. The summed E-state index contributed by atoms with van der Waals surface area (Å²) in [4.78, 5) is 18.8. The number of nitrogens with one attached hydrogen (secondary N) is 2. The number of hydrogen-bond acceptors (Lipinski definition) is 5. The minimum Gasteiger partial charge on any atom is -0.469 e. The number of amides is 1. The molecule has 164 valence electrons. The number of aliphatic imine (C=N–C) groups is 1. The van der Waals surface area contributed by atoms with Crippen molar-refractivity contribution < 1.29 is 18.7 Å². The highest BCUT2D eigenvalue weighted by Gasteiger charge is 2.23. The van der Waals surface area contributed by atoms with Crippen LogP contribution in [-0.2, 0) is 20.7 Å². The first-order valence-electron chi connectivity index (χ1n) is 10.6. The first-order valence-corrected chi connectivity index (χ1v) is 10.6. The summed E-state index contributed by atoms with van der Waals surface area (Å²) in [6.07, 6.45) is 5.67. The lowest BCUT2D eigenvalue weighted by atomic mass is 10.0. The maximum absolute atomic E-state index is 12.1. The van der Waals surface area contributed by atoms with Crippen LogP contribution in [0.15, 0.2) is 27.8 Å². The fraction of sp³-hybridized carbons (Fsp3) is 0.714. The number of likely N-dealkylation sites (tertiary alicyclic amines) is 1. The van der Waals surface area contributed by atoms with Crippen molar-refractivity contribution in [2.24, 2.45) is 4.99 Å². The van der Waals surface area contributed by atoms with E-state index in [0.717, 1.165) is 70.3 Å². The number of rotatable bonds is 12. The van der Waals surface area contributed by atoms with Gasteiger partial charge in [0.25, 0.3) is 0 Å². The summed E-state index contributed by atoms with van der Waals surface area (Å²) in [5.41, 5.74) is 0. The lowest BCUT2D eigenvalue weighted by Gasteiger charge is -2.33. The molecule has 29 heavy (non-hydrogen) atoms. The summed E-state index contributed by atoms with van der Waals surface area (Å²) >= 11 is 0. The summed E-state index contributed by atoms with van der Waals surface area (Å²) in [5, 5.41) is 6.93. The molecular formula is C21H36N4O4. The Labute approximate surface area is 174 Å². The summed E-state index contributed by atoms with van der Waals surface area (Å²) in [6, 6.07) is 4.19. The number of piperidine rings is 1. The zero-order valence-electron chi connectivity index (χ0n) is 17.8. The van der Waals surface area contributed by atoms with Gasteiger partial charge in [-0.3, -0.25) is 9.79 Å². The molecule has 0 saturated carbocycles. The third-order valence-electron chi connectivity index (χ3n) is 4.87. The van der Waals surface area contributed by atoms with Gasteiger partial charge in [-0.2, -0.15) is 0 Å². The molecule has 1 saturated heterocycles. The number of ether oxygens (including phenoxy) is 2. The molecule has 1 aliphatic rings. The second-order valence-corrected chi connectivity index (χ2v) is 7.08. The Morgan fingerprint density at radius 2 is 2.17 bits per heavy atom. The highest BCUT2D eigenvalue weighted by molar-refractivity contribution is 5.80. The molecule has 8 nitrogen and oxygen atoms in total. The molecule has 0 aliphatic carbocycles. The van der Waals surface area contributed by atoms with E-state index < -0.39 is 0 Å². The Morgan fingerprint density at radius 1 is 1.34 bits per heavy atom. The Morgan fingerprint density at radius 3 is 2.86 bits per heavy atom. The number of hydrogen-bond donors (Lipinski definition) is 2. The van der Waals surface area contributed by atoms with Crippen LogP contribution in [0.4, 0.5) is 0 Å². The smallest absolute Gasteiger partial charge is 0.224 e. The van der Waals surface area contributed by atoms with Crippen LogP contribution < -0.4 is 10.6 Å². The van der Waals surface area contributed by atoms with E-state index in [2.05, 4.69) is 15.6 Å². The third kappa shape index (κ3) is 9.32. The van der Waals surface area contributed by atoms with E-state index in [1.165, 1.54) is 0 Å². The van der Waals surface area contributed by atoms with Crippen LogP contribution in [0.1, 0.15) is 38.4 Å². The van der Waals surface area contributed by atoms with Crippen LogP contribution in [0.2, 0.25) is 0 Å². The number of guanidine groups is 1. The predicted molar refractivity (Wildman–Crippen MR) is 113 cm³/mol. The van der Waals surface area contributed by atoms with Crippen molar-refractivity contribution in [2.45, 2.75) is 45.1 Å². The van der Waals surface area contributed by atoms with Crippen LogP contribution in [0.5, 0.6) is 0 Å². The third-order valence-corrected chi connectivity index (χ3v) is 4.87. The van der Waals surface area contributed by atoms with Crippen molar-refractivity contribution in [3.05, 3.63) is 24.2 Å². The molecule has 0 bridgehead atoms. The molecule has 2 heterocycles. The van der Waals surface area contributed by atoms with E-state index in [1.807, 2.05) is 24.0 Å². The largest absolute Gasteiger partial charge is 0.469 e. The fourth-order valence-corrected chi connectivity index (χ4v) is 3.23. The van der Waals surface area contributed by atoms with Gasteiger partial charge in [0.2, 0.25) is 5.91 Å². The summed E-state index contributed by atoms with van der Waals surface area (Å²) in [5.74, 6) is 1.94.